The predicted octanol–water partition coefficient (Wildman–Crippen LogP) is 1.44. The van der Waals surface area contributed by atoms with E-state index >= 15 is 0 Å². The minimum Gasteiger partial charge on any atom is -0.399 e. The van der Waals surface area contributed by atoms with Gasteiger partial charge in [0.15, 0.2) is 0 Å². The Hall–Kier alpha value is -1.82. The molecule has 0 radical (unpaired) electrons. The van der Waals surface area contributed by atoms with Crippen molar-refractivity contribution in [1.82, 2.24) is 0 Å². The quantitative estimate of drug-likeness (QED) is 0.545. The lowest BCUT2D eigenvalue weighted by molar-refractivity contribution is -0.108. The summed E-state index contributed by atoms with van der Waals surface area (Å²) in [6.45, 7) is 1.75. The standard InChI is InChI=1S/C10H10N2O/c1-7(6-13)10-3-2-9(12)4-8(10)5-11/h2-4,6-7H,12H2,1H3. The number of anilines is 1. The molecule has 0 amide bonds. The average Bonchev–Trinajstić information content (AvgIpc) is 2.16. The Morgan fingerprint density at radius 1 is 1.62 bits per heavy atom. The van der Waals surface area contributed by atoms with Gasteiger partial charge in [-0.15, -0.1) is 0 Å². The van der Waals surface area contributed by atoms with E-state index in [1.54, 1.807) is 25.1 Å². The Balaban J connectivity index is 3.22. The fraction of sp³-hybridized carbons (Fsp3) is 0.200. The van der Waals surface area contributed by atoms with Crippen molar-refractivity contribution in [2.45, 2.75) is 12.8 Å². The molecule has 66 valence electrons. The number of carbonyl (C=O) groups is 1. The molecule has 0 spiro atoms. The molecule has 1 rings (SSSR count). The van der Waals surface area contributed by atoms with E-state index in [0.29, 0.717) is 11.3 Å². The number of aldehydes is 1. The zero-order chi connectivity index (χ0) is 9.84. The number of hydrogen-bond acceptors (Lipinski definition) is 3. The summed E-state index contributed by atoms with van der Waals surface area (Å²) < 4.78 is 0. The van der Waals surface area contributed by atoms with E-state index in [9.17, 15) is 4.79 Å². The third-order valence-electron chi connectivity index (χ3n) is 1.89. The molecular formula is C10H10N2O. The van der Waals surface area contributed by atoms with Crippen LogP contribution in [0.2, 0.25) is 0 Å². The SMILES string of the molecule is CC(C=O)c1ccc(N)cc1C#N. The Kier molecular flexibility index (Phi) is 2.65. The van der Waals surface area contributed by atoms with Gasteiger partial charge in [-0.1, -0.05) is 13.0 Å². The summed E-state index contributed by atoms with van der Waals surface area (Å²) in [6, 6.07) is 7.00. The molecule has 1 aromatic carbocycles. The van der Waals surface area contributed by atoms with E-state index in [2.05, 4.69) is 0 Å². The van der Waals surface area contributed by atoms with E-state index in [1.165, 1.54) is 0 Å². The molecule has 3 nitrogen and oxygen atoms in total. The van der Waals surface area contributed by atoms with Gasteiger partial charge in [0.1, 0.15) is 6.29 Å². The van der Waals surface area contributed by atoms with Crippen LogP contribution in [0.1, 0.15) is 24.0 Å². The monoisotopic (exact) mass is 174 g/mol. The first-order valence-corrected chi connectivity index (χ1v) is 3.94. The molecule has 0 heterocycles. The van der Waals surface area contributed by atoms with E-state index in [0.717, 1.165) is 11.8 Å². The normalized spacial score (nSPS) is 11.7. The number of carbonyl (C=O) groups excluding carboxylic acids is 1. The molecule has 13 heavy (non-hydrogen) atoms. The van der Waals surface area contributed by atoms with Gasteiger partial charge in [0.05, 0.1) is 11.6 Å². The molecule has 0 saturated carbocycles. The second-order valence-electron chi connectivity index (χ2n) is 2.88. The maximum atomic E-state index is 10.5. The summed E-state index contributed by atoms with van der Waals surface area (Å²) >= 11 is 0. The van der Waals surface area contributed by atoms with E-state index in [4.69, 9.17) is 11.0 Å². The lowest BCUT2D eigenvalue weighted by Gasteiger charge is -2.06. The van der Waals surface area contributed by atoms with Crippen molar-refractivity contribution in [2.24, 2.45) is 0 Å². The number of nitrogens with two attached hydrogens (primary N) is 1. The fourth-order valence-electron chi connectivity index (χ4n) is 1.14. The first-order chi connectivity index (χ1) is 6.19. The summed E-state index contributed by atoms with van der Waals surface area (Å²) in [5.41, 5.74) is 7.25. The zero-order valence-corrected chi connectivity index (χ0v) is 7.32. The van der Waals surface area contributed by atoms with E-state index in [1.807, 2.05) is 6.07 Å². The van der Waals surface area contributed by atoms with Crippen molar-refractivity contribution < 1.29 is 4.79 Å². The van der Waals surface area contributed by atoms with Crippen molar-refractivity contribution in [1.29, 1.82) is 5.26 Å². The molecule has 2 N–H and O–H groups in total. The number of nitriles is 1. The molecule has 0 bridgehead atoms. The van der Waals surface area contributed by atoms with Gasteiger partial charge in [0.25, 0.3) is 0 Å². The number of nitrogens with zero attached hydrogens (tertiary/aromatic N) is 1. The van der Waals surface area contributed by atoms with Crippen LogP contribution in [0, 0.1) is 11.3 Å². The number of hydrogen-bond donors (Lipinski definition) is 1. The molecule has 3 heteroatoms. The lowest BCUT2D eigenvalue weighted by Crippen LogP contribution is -1.99. The highest BCUT2D eigenvalue weighted by atomic mass is 16.1. The van der Waals surface area contributed by atoms with Crippen molar-refractivity contribution in [3.63, 3.8) is 0 Å². The molecule has 0 aliphatic heterocycles. The molecule has 0 fully saturated rings. The maximum Gasteiger partial charge on any atom is 0.127 e. The van der Waals surface area contributed by atoms with Gasteiger partial charge in [-0.05, 0) is 17.7 Å². The topological polar surface area (TPSA) is 66.9 Å². The predicted molar refractivity (Wildman–Crippen MR) is 50.0 cm³/mol. The van der Waals surface area contributed by atoms with Crippen molar-refractivity contribution in [2.75, 3.05) is 5.73 Å². The Morgan fingerprint density at radius 3 is 2.85 bits per heavy atom. The molecule has 0 aliphatic carbocycles. The Morgan fingerprint density at radius 2 is 2.31 bits per heavy atom. The summed E-state index contributed by atoms with van der Waals surface area (Å²) in [5, 5.41) is 8.77. The smallest absolute Gasteiger partial charge is 0.127 e. The van der Waals surface area contributed by atoms with Gasteiger partial charge in [-0.3, -0.25) is 0 Å². The number of benzene rings is 1. The van der Waals surface area contributed by atoms with Crippen LogP contribution in [-0.2, 0) is 4.79 Å². The minimum absolute atomic E-state index is 0.254. The Labute approximate surface area is 76.8 Å². The highest BCUT2D eigenvalue weighted by molar-refractivity contribution is 5.65. The molecular weight excluding hydrogens is 164 g/mol. The summed E-state index contributed by atoms with van der Waals surface area (Å²) in [6.07, 6.45) is 0.812. The third-order valence-corrected chi connectivity index (χ3v) is 1.89. The largest absolute Gasteiger partial charge is 0.399 e. The van der Waals surface area contributed by atoms with Gasteiger partial charge < -0.3 is 10.5 Å². The number of nitrogen functional groups attached to an aromatic ring is 1. The molecule has 0 saturated heterocycles. The summed E-state index contributed by atoms with van der Waals surface area (Å²) in [7, 11) is 0. The van der Waals surface area contributed by atoms with Gasteiger partial charge >= 0.3 is 0 Å². The second kappa shape index (κ2) is 3.72. The summed E-state index contributed by atoms with van der Waals surface area (Å²) in [4.78, 5) is 10.5. The van der Waals surface area contributed by atoms with Crippen LogP contribution < -0.4 is 5.73 Å². The average molecular weight is 174 g/mol. The van der Waals surface area contributed by atoms with Crippen LogP contribution in [0.15, 0.2) is 18.2 Å². The van der Waals surface area contributed by atoms with Gasteiger partial charge in [-0.2, -0.15) is 5.26 Å². The first-order valence-electron chi connectivity index (χ1n) is 3.94. The molecule has 1 unspecified atom stereocenters. The van der Waals surface area contributed by atoms with Crippen LogP contribution in [0.4, 0.5) is 5.69 Å². The van der Waals surface area contributed by atoms with Gasteiger partial charge in [-0.25, -0.2) is 0 Å². The van der Waals surface area contributed by atoms with Crippen molar-refractivity contribution >= 4 is 12.0 Å². The highest BCUT2D eigenvalue weighted by Crippen LogP contribution is 2.19. The maximum absolute atomic E-state index is 10.5. The first kappa shape index (κ1) is 9.27. The lowest BCUT2D eigenvalue weighted by atomic mass is 9.97. The molecule has 0 aliphatic rings. The third kappa shape index (κ3) is 1.85. The Bertz CT molecular complexity index is 366. The summed E-state index contributed by atoms with van der Waals surface area (Å²) in [5.74, 6) is -0.254. The van der Waals surface area contributed by atoms with E-state index in [-0.39, 0.29) is 5.92 Å². The van der Waals surface area contributed by atoms with Crippen LogP contribution in [0.5, 0.6) is 0 Å². The van der Waals surface area contributed by atoms with Crippen LogP contribution in [0.3, 0.4) is 0 Å². The fourth-order valence-corrected chi connectivity index (χ4v) is 1.14. The van der Waals surface area contributed by atoms with Crippen molar-refractivity contribution in [3.05, 3.63) is 29.3 Å². The van der Waals surface area contributed by atoms with Gasteiger partial charge in [0, 0.05) is 11.6 Å². The van der Waals surface area contributed by atoms with Crippen LogP contribution in [0.25, 0.3) is 0 Å². The molecule has 1 atom stereocenters. The minimum atomic E-state index is -0.254. The zero-order valence-electron chi connectivity index (χ0n) is 7.32. The second-order valence-corrected chi connectivity index (χ2v) is 2.88. The molecule has 0 aromatic heterocycles. The molecule has 1 aromatic rings. The van der Waals surface area contributed by atoms with Gasteiger partial charge in [0.2, 0.25) is 0 Å². The van der Waals surface area contributed by atoms with E-state index < -0.39 is 0 Å². The highest BCUT2D eigenvalue weighted by Gasteiger charge is 2.09. The van der Waals surface area contributed by atoms with Crippen molar-refractivity contribution in [3.8, 4) is 6.07 Å². The number of rotatable bonds is 2. The van der Waals surface area contributed by atoms with Crippen LogP contribution in [-0.4, -0.2) is 6.29 Å². The van der Waals surface area contributed by atoms with Crippen LogP contribution >= 0.6 is 0 Å².